The predicted octanol–water partition coefficient (Wildman–Crippen LogP) is -0.431. The molecule has 0 aromatic heterocycles. The van der Waals surface area contributed by atoms with E-state index in [1.54, 1.807) is 0 Å². The molecule has 0 radical (unpaired) electrons. The summed E-state index contributed by atoms with van der Waals surface area (Å²) in [5, 5.41) is 8.54. The second-order valence-corrected chi connectivity index (χ2v) is 6.93. The van der Waals surface area contributed by atoms with Gasteiger partial charge in [-0.3, -0.25) is 4.79 Å². The van der Waals surface area contributed by atoms with E-state index < -0.39 is 16.2 Å². The summed E-state index contributed by atoms with van der Waals surface area (Å²) in [6.45, 7) is 2.38. The van der Waals surface area contributed by atoms with Crippen molar-refractivity contribution in [1.82, 2.24) is 13.9 Å². The number of hydrogen-bond donors (Lipinski definition) is 2. The molecule has 112 valence electrons. The molecular formula is C11H23N3O4S. The molecule has 0 amide bonds. The van der Waals surface area contributed by atoms with Gasteiger partial charge in [-0.1, -0.05) is 0 Å². The molecule has 0 saturated carbocycles. The van der Waals surface area contributed by atoms with Crippen molar-refractivity contribution in [2.75, 3.05) is 40.3 Å². The van der Waals surface area contributed by atoms with E-state index in [1.165, 1.54) is 7.05 Å². The first-order chi connectivity index (χ1) is 8.81. The monoisotopic (exact) mass is 293 g/mol. The summed E-state index contributed by atoms with van der Waals surface area (Å²) >= 11 is 0. The fourth-order valence-corrected chi connectivity index (χ4v) is 2.97. The summed E-state index contributed by atoms with van der Waals surface area (Å²) in [7, 11) is -0.118. The molecule has 8 heteroatoms. The molecule has 1 heterocycles. The third kappa shape index (κ3) is 5.85. The van der Waals surface area contributed by atoms with Crippen molar-refractivity contribution in [1.29, 1.82) is 0 Å². The van der Waals surface area contributed by atoms with Crippen LogP contribution < -0.4 is 4.72 Å². The van der Waals surface area contributed by atoms with Gasteiger partial charge in [-0.05, 0) is 38.9 Å². The Morgan fingerprint density at radius 3 is 2.53 bits per heavy atom. The van der Waals surface area contributed by atoms with Crippen LogP contribution in [-0.4, -0.2) is 69.0 Å². The van der Waals surface area contributed by atoms with Crippen LogP contribution in [0.2, 0.25) is 0 Å². The van der Waals surface area contributed by atoms with E-state index in [-0.39, 0.29) is 13.0 Å². The third-order valence-electron chi connectivity index (χ3n) is 3.44. The van der Waals surface area contributed by atoms with Crippen molar-refractivity contribution in [3.05, 3.63) is 0 Å². The highest BCUT2D eigenvalue weighted by atomic mass is 32.2. The Morgan fingerprint density at radius 2 is 2.00 bits per heavy atom. The van der Waals surface area contributed by atoms with Crippen LogP contribution in [0, 0.1) is 5.92 Å². The van der Waals surface area contributed by atoms with Crippen LogP contribution in [-0.2, 0) is 15.0 Å². The number of piperidine rings is 1. The molecule has 0 spiro atoms. The normalized spacial score (nSPS) is 18.9. The van der Waals surface area contributed by atoms with E-state index in [9.17, 15) is 13.2 Å². The summed E-state index contributed by atoms with van der Waals surface area (Å²) in [6, 6.07) is 0. The summed E-state index contributed by atoms with van der Waals surface area (Å²) < 4.78 is 27.3. The van der Waals surface area contributed by atoms with E-state index >= 15 is 0 Å². The van der Waals surface area contributed by atoms with Gasteiger partial charge in [0.15, 0.2) is 0 Å². The lowest BCUT2D eigenvalue weighted by atomic mass is 9.98. The summed E-state index contributed by atoms with van der Waals surface area (Å²) in [6.07, 6.45) is 1.78. The molecule has 1 fully saturated rings. The second kappa shape index (κ2) is 7.18. The number of nitrogens with zero attached hydrogens (tertiary/aromatic N) is 2. The van der Waals surface area contributed by atoms with Crippen molar-refractivity contribution < 1.29 is 18.3 Å². The predicted molar refractivity (Wildman–Crippen MR) is 72.0 cm³/mol. The van der Waals surface area contributed by atoms with Gasteiger partial charge < -0.3 is 10.0 Å². The molecule has 1 aliphatic rings. The molecule has 1 rings (SSSR count). The molecule has 0 aliphatic carbocycles. The Balaban J connectivity index is 2.35. The Hall–Kier alpha value is -0.700. The highest BCUT2D eigenvalue weighted by molar-refractivity contribution is 7.87. The van der Waals surface area contributed by atoms with Crippen molar-refractivity contribution in [2.45, 2.75) is 19.3 Å². The maximum absolute atomic E-state index is 11.9. The van der Waals surface area contributed by atoms with Crippen LogP contribution in [0.3, 0.4) is 0 Å². The number of nitrogens with one attached hydrogen (secondary N) is 1. The molecule has 0 unspecified atom stereocenters. The van der Waals surface area contributed by atoms with Crippen LogP contribution >= 0.6 is 0 Å². The minimum atomic E-state index is -3.56. The number of carboxylic acids is 1. The quantitative estimate of drug-likeness (QED) is 0.665. The molecule has 0 atom stereocenters. The van der Waals surface area contributed by atoms with Gasteiger partial charge in [0.2, 0.25) is 0 Å². The van der Waals surface area contributed by atoms with Gasteiger partial charge in [-0.25, -0.2) is 4.72 Å². The molecule has 0 bridgehead atoms. The van der Waals surface area contributed by atoms with Crippen molar-refractivity contribution >= 4 is 16.2 Å². The molecule has 1 saturated heterocycles. The van der Waals surface area contributed by atoms with Crippen LogP contribution in [0.1, 0.15) is 19.3 Å². The fourth-order valence-electron chi connectivity index (χ4n) is 1.97. The summed E-state index contributed by atoms with van der Waals surface area (Å²) in [5.41, 5.74) is 0. The molecular weight excluding hydrogens is 270 g/mol. The zero-order valence-electron chi connectivity index (χ0n) is 11.5. The van der Waals surface area contributed by atoms with E-state index in [0.717, 1.165) is 30.2 Å². The van der Waals surface area contributed by atoms with Gasteiger partial charge in [0.05, 0.1) is 6.42 Å². The van der Waals surface area contributed by atoms with Crippen LogP contribution in [0.15, 0.2) is 0 Å². The Kier molecular flexibility index (Phi) is 6.18. The van der Waals surface area contributed by atoms with Gasteiger partial charge in [0.25, 0.3) is 10.2 Å². The fraction of sp³-hybridized carbons (Fsp3) is 0.909. The summed E-state index contributed by atoms with van der Waals surface area (Å²) in [4.78, 5) is 12.6. The number of hydrogen-bond acceptors (Lipinski definition) is 4. The molecule has 1 aliphatic heterocycles. The lowest BCUT2D eigenvalue weighted by Gasteiger charge is -2.29. The minimum Gasteiger partial charge on any atom is -0.481 e. The average molecular weight is 293 g/mol. The Bertz CT molecular complexity index is 391. The van der Waals surface area contributed by atoms with Crippen LogP contribution in [0.4, 0.5) is 0 Å². The van der Waals surface area contributed by atoms with Crippen LogP contribution in [0.5, 0.6) is 0 Å². The Labute approximate surface area is 114 Å². The second-order valence-electron chi connectivity index (χ2n) is 5.07. The lowest BCUT2D eigenvalue weighted by Crippen LogP contribution is -2.43. The topological polar surface area (TPSA) is 90.0 Å². The number of rotatable bonds is 7. The van der Waals surface area contributed by atoms with Gasteiger partial charge in [0, 0.05) is 20.1 Å². The van der Waals surface area contributed by atoms with Crippen LogP contribution in [0.25, 0.3) is 0 Å². The first-order valence-electron chi connectivity index (χ1n) is 6.42. The van der Waals surface area contributed by atoms with Crippen molar-refractivity contribution in [2.24, 2.45) is 5.92 Å². The first-order valence-corrected chi connectivity index (χ1v) is 7.86. The molecule has 7 nitrogen and oxygen atoms in total. The number of likely N-dealkylation sites (tertiary alicyclic amines) is 1. The maximum Gasteiger partial charge on any atom is 0.304 e. The van der Waals surface area contributed by atoms with E-state index in [2.05, 4.69) is 16.7 Å². The molecule has 0 aromatic carbocycles. The van der Waals surface area contributed by atoms with E-state index in [0.29, 0.717) is 12.5 Å². The standard InChI is InChI=1S/C11H23N3O4S/c1-13-6-3-10(4-7-13)9-12-19(17,18)14(2)8-5-11(15)16/h10,12H,3-9H2,1-2H3,(H,15,16). The SMILES string of the molecule is CN1CCC(CNS(=O)(=O)N(C)CCC(=O)O)CC1. The summed E-state index contributed by atoms with van der Waals surface area (Å²) in [5.74, 6) is -0.642. The maximum atomic E-state index is 11.9. The first kappa shape index (κ1) is 16.4. The average Bonchev–Trinajstić information content (AvgIpc) is 2.35. The number of aliphatic carboxylic acids is 1. The van der Waals surface area contributed by atoms with Gasteiger partial charge in [-0.15, -0.1) is 0 Å². The van der Waals surface area contributed by atoms with E-state index in [4.69, 9.17) is 5.11 Å². The van der Waals surface area contributed by atoms with Crippen molar-refractivity contribution in [3.8, 4) is 0 Å². The zero-order chi connectivity index (χ0) is 14.5. The Morgan fingerprint density at radius 1 is 1.42 bits per heavy atom. The zero-order valence-corrected chi connectivity index (χ0v) is 12.3. The number of carbonyl (C=O) groups is 1. The number of carboxylic acid groups (broad SMARTS) is 1. The third-order valence-corrected chi connectivity index (χ3v) is 4.98. The molecule has 0 aromatic rings. The minimum absolute atomic E-state index is 0.0158. The highest BCUT2D eigenvalue weighted by Crippen LogP contribution is 2.15. The molecule has 2 N–H and O–H groups in total. The van der Waals surface area contributed by atoms with Crippen molar-refractivity contribution in [3.63, 3.8) is 0 Å². The lowest BCUT2D eigenvalue weighted by molar-refractivity contribution is -0.137. The highest BCUT2D eigenvalue weighted by Gasteiger charge is 2.22. The van der Waals surface area contributed by atoms with Gasteiger partial charge in [-0.2, -0.15) is 12.7 Å². The smallest absolute Gasteiger partial charge is 0.304 e. The largest absolute Gasteiger partial charge is 0.481 e. The molecule has 19 heavy (non-hydrogen) atoms. The van der Waals surface area contributed by atoms with E-state index in [1.807, 2.05) is 0 Å². The van der Waals surface area contributed by atoms with Gasteiger partial charge >= 0.3 is 5.97 Å². The van der Waals surface area contributed by atoms with Gasteiger partial charge in [0.1, 0.15) is 0 Å².